The lowest BCUT2D eigenvalue weighted by atomic mass is 10.5. The van der Waals surface area contributed by atoms with Crippen molar-refractivity contribution in [1.82, 2.24) is 4.98 Å². The fourth-order valence-electron chi connectivity index (χ4n) is 0.712. The molecule has 0 saturated carbocycles. The summed E-state index contributed by atoms with van der Waals surface area (Å²) >= 11 is 12.8. The van der Waals surface area contributed by atoms with Gasteiger partial charge in [0.15, 0.2) is 0 Å². The molecular weight excluding hydrogens is 225 g/mol. The van der Waals surface area contributed by atoms with Gasteiger partial charge >= 0.3 is 0 Å². The zero-order valence-electron chi connectivity index (χ0n) is 6.91. The van der Waals surface area contributed by atoms with Crippen LogP contribution in [0.15, 0.2) is 35.5 Å². The molecule has 4 heteroatoms. The van der Waals surface area contributed by atoms with E-state index in [1.165, 1.54) is 0 Å². The first kappa shape index (κ1) is 10.9. The normalized spacial score (nSPS) is 10.9. The van der Waals surface area contributed by atoms with Gasteiger partial charge in [-0.3, -0.25) is 0 Å². The van der Waals surface area contributed by atoms with Gasteiger partial charge in [0, 0.05) is 17.8 Å². The summed E-state index contributed by atoms with van der Waals surface area (Å²) in [5.74, 6) is 1.45. The monoisotopic (exact) mass is 233 g/mol. The predicted octanol–water partition coefficient (Wildman–Crippen LogP) is 3.62. The quantitative estimate of drug-likeness (QED) is 0.448. The summed E-state index contributed by atoms with van der Waals surface area (Å²) in [4.78, 5) is 4.14. The summed E-state index contributed by atoms with van der Waals surface area (Å²) in [5, 5.41) is 1.64. The van der Waals surface area contributed by atoms with Crippen LogP contribution in [0.5, 0.6) is 0 Å². The third kappa shape index (κ3) is 4.55. The van der Waals surface area contributed by atoms with E-state index >= 15 is 0 Å². The molecule has 0 aliphatic carbocycles. The van der Waals surface area contributed by atoms with Crippen molar-refractivity contribution in [2.24, 2.45) is 0 Å². The molecule has 1 nitrogen and oxygen atoms in total. The Morgan fingerprint density at radius 1 is 1.38 bits per heavy atom. The maximum Gasteiger partial charge on any atom is 0.0963 e. The van der Waals surface area contributed by atoms with Gasteiger partial charge in [-0.2, -0.15) is 0 Å². The number of hydrogen-bond acceptors (Lipinski definition) is 2. The number of rotatable bonds is 4. The molecule has 0 atom stereocenters. The highest BCUT2D eigenvalue weighted by molar-refractivity contribution is 7.99. The zero-order valence-corrected chi connectivity index (χ0v) is 9.24. The molecule has 70 valence electrons. The molecule has 0 aromatic carbocycles. The molecule has 13 heavy (non-hydrogen) atoms. The molecular formula is C9H9Cl2NS. The first-order chi connectivity index (χ1) is 6.33. The third-order valence-electron chi connectivity index (χ3n) is 1.28. The van der Waals surface area contributed by atoms with Gasteiger partial charge in [0.1, 0.15) is 0 Å². The van der Waals surface area contributed by atoms with Crippen LogP contribution in [0.1, 0.15) is 0 Å². The van der Waals surface area contributed by atoms with Gasteiger partial charge in [-0.15, -0.1) is 23.4 Å². The number of hydrogen-bond donors (Lipinski definition) is 0. The first-order valence-electron chi connectivity index (χ1n) is 3.78. The van der Waals surface area contributed by atoms with E-state index in [-0.39, 0.29) is 0 Å². The van der Waals surface area contributed by atoms with E-state index in [9.17, 15) is 0 Å². The van der Waals surface area contributed by atoms with Crippen molar-refractivity contribution in [1.29, 1.82) is 0 Å². The molecule has 0 spiro atoms. The van der Waals surface area contributed by atoms with E-state index in [4.69, 9.17) is 23.2 Å². The number of thioether (sulfide) groups is 1. The van der Waals surface area contributed by atoms with E-state index in [1.807, 2.05) is 24.3 Å². The Labute approximate surface area is 92.2 Å². The summed E-state index contributed by atoms with van der Waals surface area (Å²) in [5.41, 5.74) is 0. The van der Waals surface area contributed by atoms with Gasteiger partial charge in [-0.05, 0) is 12.1 Å². The Morgan fingerprint density at radius 2 is 2.23 bits per heavy atom. The molecule has 0 unspecified atom stereocenters. The maximum atomic E-state index is 5.69. The van der Waals surface area contributed by atoms with Crippen molar-refractivity contribution in [3.05, 3.63) is 35.5 Å². The number of allylic oxidation sites excluding steroid dienone is 1. The van der Waals surface area contributed by atoms with Crippen LogP contribution in [0.3, 0.4) is 0 Å². The van der Waals surface area contributed by atoms with Crippen molar-refractivity contribution >= 4 is 35.0 Å². The van der Waals surface area contributed by atoms with Gasteiger partial charge in [0.2, 0.25) is 0 Å². The number of aromatic nitrogens is 1. The van der Waals surface area contributed by atoms with Crippen LogP contribution in [0, 0.1) is 0 Å². The Kier molecular flexibility index (Phi) is 5.28. The van der Waals surface area contributed by atoms with Gasteiger partial charge in [0.05, 0.1) is 10.0 Å². The highest BCUT2D eigenvalue weighted by Crippen LogP contribution is 2.16. The average molecular weight is 234 g/mol. The van der Waals surface area contributed by atoms with Crippen LogP contribution in [0.2, 0.25) is 5.02 Å². The Bertz CT molecular complexity index is 271. The Hall–Kier alpha value is -0.180. The molecule has 1 aromatic heterocycles. The minimum atomic E-state index is 0.564. The second-order valence-corrected chi connectivity index (χ2v) is 4.04. The Balaban J connectivity index is 2.37. The molecule has 0 aliphatic rings. The van der Waals surface area contributed by atoms with Gasteiger partial charge in [-0.1, -0.05) is 23.8 Å². The summed E-state index contributed by atoms with van der Waals surface area (Å²) < 4.78 is 0. The zero-order chi connectivity index (χ0) is 9.52. The lowest BCUT2D eigenvalue weighted by molar-refractivity contribution is 1.14. The van der Waals surface area contributed by atoms with Crippen LogP contribution in [0.4, 0.5) is 0 Å². The second kappa shape index (κ2) is 6.30. The van der Waals surface area contributed by atoms with E-state index in [0.717, 1.165) is 10.8 Å². The standard InChI is InChI=1S/C9H9Cl2NS/c10-5-1-2-6-13-9-4-3-8(11)7-12-9/h1-4,7H,5-6H2. The van der Waals surface area contributed by atoms with Crippen molar-refractivity contribution in [2.45, 2.75) is 5.03 Å². The summed E-state index contributed by atoms with van der Waals surface area (Å²) in [6.07, 6.45) is 5.59. The maximum absolute atomic E-state index is 5.69. The molecule has 0 aliphatic heterocycles. The minimum Gasteiger partial charge on any atom is -0.248 e. The molecule has 0 amide bonds. The van der Waals surface area contributed by atoms with Crippen molar-refractivity contribution in [3.63, 3.8) is 0 Å². The Morgan fingerprint density at radius 3 is 2.85 bits per heavy atom. The highest BCUT2D eigenvalue weighted by Gasteiger charge is 1.92. The van der Waals surface area contributed by atoms with Crippen LogP contribution in [0.25, 0.3) is 0 Å². The van der Waals surface area contributed by atoms with Crippen LogP contribution >= 0.6 is 35.0 Å². The SMILES string of the molecule is ClCC=CCSc1ccc(Cl)cn1. The summed E-state index contributed by atoms with van der Waals surface area (Å²) in [7, 11) is 0. The van der Waals surface area contributed by atoms with Crippen LogP contribution in [-0.2, 0) is 0 Å². The molecule has 0 fully saturated rings. The lowest BCUT2D eigenvalue weighted by Crippen LogP contribution is -1.79. The highest BCUT2D eigenvalue weighted by atomic mass is 35.5. The summed E-state index contributed by atoms with van der Waals surface area (Å²) in [6.45, 7) is 0. The molecule has 0 bridgehead atoms. The number of nitrogens with zero attached hydrogens (tertiary/aromatic N) is 1. The van der Waals surface area contributed by atoms with E-state index in [2.05, 4.69) is 4.98 Å². The summed E-state index contributed by atoms with van der Waals surface area (Å²) in [6, 6.07) is 3.74. The van der Waals surface area contributed by atoms with E-state index < -0.39 is 0 Å². The lowest BCUT2D eigenvalue weighted by Gasteiger charge is -1.96. The second-order valence-electron chi connectivity index (χ2n) is 2.25. The van der Waals surface area contributed by atoms with Gasteiger partial charge < -0.3 is 0 Å². The molecule has 0 radical (unpaired) electrons. The largest absolute Gasteiger partial charge is 0.248 e. The molecule has 1 aromatic rings. The van der Waals surface area contributed by atoms with Gasteiger partial charge in [-0.25, -0.2) is 4.98 Å². The van der Waals surface area contributed by atoms with Crippen LogP contribution in [-0.4, -0.2) is 16.6 Å². The van der Waals surface area contributed by atoms with Crippen LogP contribution < -0.4 is 0 Å². The van der Waals surface area contributed by atoms with Crippen molar-refractivity contribution in [2.75, 3.05) is 11.6 Å². The number of pyridine rings is 1. The fraction of sp³-hybridized carbons (Fsp3) is 0.222. The fourth-order valence-corrected chi connectivity index (χ4v) is 1.64. The van der Waals surface area contributed by atoms with E-state index in [1.54, 1.807) is 18.0 Å². The minimum absolute atomic E-state index is 0.564. The first-order valence-corrected chi connectivity index (χ1v) is 5.68. The number of halogens is 2. The van der Waals surface area contributed by atoms with Crippen molar-refractivity contribution < 1.29 is 0 Å². The van der Waals surface area contributed by atoms with Crippen molar-refractivity contribution in [3.8, 4) is 0 Å². The van der Waals surface area contributed by atoms with E-state index in [0.29, 0.717) is 10.9 Å². The molecule has 1 rings (SSSR count). The molecule has 0 N–H and O–H groups in total. The molecule has 0 saturated heterocycles. The topological polar surface area (TPSA) is 12.9 Å². The van der Waals surface area contributed by atoms with Gasteiger partial charge in [0.25, 0.3) is 0 Å². The average Bonchev–Trinajstić information content (AvgIpc) is 2.15. The smallest absolute Gasteiger partial charge is 0.0963 e. The third-order valence-corrected chi connectivity index (χ3v) is 2.58. The number of alkyl halides is 1. The predicted molar refractivity (Wildman–Crippen MR) is 59.8 cm³/mol. The molecule has 1 heterocycles.